The molecule has 2 heterocycles. The summed E-state index contributed by atoms with van der Waals surface area (Å²) < 4.78 is 0. The molecule has 2 heteroatoms. The van der Waals surface area contributed by atoms with Crippen LogP contribution in [0.2, 0.25) is 0 Å². The van der Waals surface area contributed by atoms with E-state index >= 15 is 0 Å². The Balaban J connectivity index is 1.68. The minimum Gasteiger partial charge on any atom is -0.371 e. The van der Waals surface area contributed by atoms with E-state index in [0.717, 1.165) is 11.8 Å². The normalized spacial score (nSPS) is 21.7. The van der Waals surface area contributed by atoms with E-state index in [4.69, 9.17) is 0 Å². The van der Waals surface area contributed by atoms with Gasteiger partial charge in [-0.05, 0) is 43.0 Å². The smallest absolute Gasteiger partial charge is 0.0399 e. The number of nitrogens with one attached hydrogen (secondary N) is 1. The van der Waals surface area contributed by atoms with E-state index in [1.165, 1.54) is 43.9 Å². The molecule has 1 aromatic rings. The molecular weight excluding hydrogens is 196 g/mol. The van der Waals surface area contributed by atoms with Gasteiger partial charge < -0.3 is 10.2 Å². The van der Waals surface area contributed by atoms with Crippen molar-refractivity contribution in [3.05, 3.63) is 29.8 Å². The molecule has 0 spiro atoms. The maximum Gasteiger partial charge on any atom is 0.0399 e. The molecule has 2 nitrogen and oxygen atoms in total. The van der Waals surface area contributed by atoms with Crippen LogP contribution in [0.5, 0.6) is 0 Å². The summed E-state index contributed by atoms with van der Waals surface area (Å²) >= 11 is 0. The number of anilines is 1. The highest BCUT2D eigenvalue weighted by Gasteiger charge is 2.27. The van der Waals surface area contributed by atoms with Gasteiger partial charge >= 0.3 is 0 Å². The van der Waals surface area contributed by atoms with Gasteiger partial charge in [0.05, 0.1) is 0 Å². The Morgan fingerprint density at radius 1 is 1.38 bits per heavy atom. The number of rotatable bonds is 3. The highest BCUT2D eigenvalue weighted by Crippen LogP contribution is 2.29. The first-order valence-corrected chi connectivity index (χ1v) is 6.38. The number of benzene rings is 1. The third-order valence-electron chi connectivity index (χ3n) is 4.11. The third kappa shape index (κ3) is 1.71. The molecule has 0 radical (unpaired) electrons. The van der Waals surface area contributed by atoms with Gasteiger partial charge in [0, 0.05) is 18.8 Å². The molecule has 1 aromatic carbocycles. The second-order valence-corrected chi connectivity index (χ2v) is 5.22. The van der Waals surface area contributed by atoms with Gasteiger partial charge in [0.2, 0.25) is 0 Å². The van der Waals surface area contributed by atoms with Crippen molar-refractivity contribution in [2.75, 3.05) is 31.1 Å². The van der Waals surface area contributed by atoms with Gasteiger partial charge in [0.1, 0.15) is 0 Å². The lowest BCUT2D eigenvalue weighted by atomic mass is 9.88. The third-order valence-corrected chi connectivity index (χ3v) is 4.11. The average molecular weight is 216 g/mol. The van der Waals surface area contributed by atoms with Crippen LogP contribution in [0.15, 0.2) is 24.3 Å². The zero-order valence-corrected chi connectivity index (χ0v) is 9.95. The molecule has 1 atom stereocenters. The molecule has 86 valence electrons. The van der Waals surface area contributed by atoms with Crippen LogP contribution in [0.1, 0.15) is 12.5 Å². The van der Waals surface area contributed by atoms with Crippen molar-refractivity contribution < 1.29 is 0 Å². The molecule has 0 aliphatic carbocycles. The predicted molar refractivity (Wildman–Crippen MR) is 67.9 cm³/mol. The van der Waals surface area contributed by atoms with Crippen LogP contribution >= 0.6 is 0 Å². The number of nitrogens with zero attached hydrogens (tertiary/aromatic N) is 1. The molecular formula is C14H20N2. The van der Waals surface area contributed by atoms with Gasteiger partial charge in [0.15, 0.2) is 0 Å². The van der Waals surface area contributed by atoms with Gasteiger partial charge in [-0.25, -0.2) is 0 Å². The lowest BCUT2D eigenvalue weighted by molar-refractivity contribution is 0.251. The molecule has 1 unspecified atom stereocenters. The molecule has 0 aromatic heterocycles. The van der Waals surface area contributed by atoms with Gasteiger partial charge in [-0.3, -0.25) is 0 Å². The Morgan fingerprint density at radius 3 is 2.94 bits per heavy atom. The van der Waals surface area contributed by atoms with E-state index in [-0.39, 0.29) is 0 Å². The minimum atomic E-state index is 0.812. The molecule has 1 N–H and O–H groups in total. The van der Waals surface area contributed by atoms with E-state index in [1.807, 2.05) is 0 Å². The summed E-state index contributed by atoms with van der Waals surface area (Å²) in [5, 5.41) is 3.37. The fourth-order valence-corrected chi connectivity index (χ4v) is 2.81. The second kappa shape index (κ2) is 4.10. The summed E-state index contributed by atoms with van der Waals surface area (Å²) in [5.41, 5.74) is 3.00. The van der Waals surface area contributed by atoms with Crippen molar-refractivity contribution in [1.82, 2.24) is 5.32 Å². The Morgan fingerprint density at radius 2 is 2.19 bits per heavy atom. The fourth-order valence-electron chi connectivity index (χ4n) is 2.81. The lowest BCUT2D eigenvalue weighted by Gasteiger charge is -2.35. The predicted octanol–water partition coefficient (Wildman–Crippen LogP) is 1.90. The van der Waals surface area contributed by atoms with E-state index in [1.54, 1.807) is 0 Å². The van der Waals surface area contributed by atoms with Crippen molar-refractivity contribution >= 4 is 5.69 Å². The summed E-state index contributed by atoms with van der Waals surface area (Å²) in [6.45, 7) is 7.27. The van der Waals surface area contributed by atoms with Crippen molar-refractivity contribution in [1.29, 1.82) is 0 Å². The number of fused-ring (bicyclic) bond motifs is 1. The fraction of sp³-hybridized carbons (Fsp3) is 0.571. The topological polar surface area (TPSA) is 15.3 Å². The first-order chi connectivity index (χ1) is 7.84. The van der Waals surface area contributed by atoms with E-state index in [0.29, 0.717) is 0 Å². The Bertz CT molecular complexity index is 371. The van der Waals surface area contributed by atoms with Gasteiger partial charge in [-0.15, -0.1) is 0 Å². The summed E-state index contributed by atoms with van der Waals surface area (Å²) in [7, 11) is 0. The van der Waals surface area contributed by atoms with Crippen molar-refractivity contribution in [2.24, 2.45) is 11.8 Å². The van der Waals surface area contributed by atoms with E-state index in [2.05, 4.69) is 41.4 Å². The molecule has 1 saturated heterocycles. The highest BCUT2D eigenvalue weighted by atomic mass is 15.2. The average Bonchev–Trinajstić information content (AvgIpc) is 2.59. The van der Waals surface area contributed by atoms with E-state index < -0.39 is 0 Å². The monoisotopic (exact) mass is 216 g/mol. The second-order valence-electron chi connectivity index (χ2n) is 5.22. The van der Waals surface area contributed by atoms with Crippen LogP contribution < -0.4 is 10.2 Å². The summed E-state index contributed by atoms with van der Waals surface area (Å²) in [5.74, 6) is 1.71. The maximum absolute atomic E-state index is 3.37. The first kappa shape index (κ1) is 10.2. The summed E-state index contributed by atoms with van der Waals surface area (Å²) in [4.78, 5) is 2.57. The molecule has 16 heavy (non-hydrogen) atoms. The van der Waals surface area contributed by atoms with E-state index in [9.17, 15) is 0 Å². The molecule has 1 fully saturated rings. The molecule has 0 bridgehead atoms. The van der Waals surface area contributed by atoms with Gasteiger partial charge in [-0.2, -0.15) is 0 Å². The minimum absolute atomic E-state index is 0.812. The first-order valence-electron chi connectivity index (χ1n) is 6.38. The Kier molecular flexibility index (Phi) is 2.60. The van der Waals surface area contributed by atoms with Crippen LogP contribution in [-0.4, -0.2) is 26.2 Å². The van der Waals surface area contributed by atoms with Crippen LogP contribution in [-0.2, 0) is 6.42 Å². The van der Waals surface area contributed by atoms with Gasteiger partial charge in [0.25, 0.3) is 0 Å². The SMILES string of the molecule is CC(CN1CCc2ccccc21)C1CNC1. The summed E-state index contributed by atoms with van der Waals surface area (Å²) in [6.07, 6.45) is 1.23. The molecule has 0 amide bonds. The van der Waals surface area contributed by atoms with Crippen molar-refractivity contribution in [2.45, 2.75) is 13.3 Å². The Hall–Kier alpha value is -1.02. The molecule has 0 saturated carbocycles. The molecule has 3 rings (SSSR count). The number of para-hydroxylation sites is 1. The maximum atomic E-state index is 3.37. The lowest BCUT2D eigenvalue weighted by Crippen LogP contribution is -2.48. The highest BCUT2D eigenvalue weighted by molar-refractivity contribution is 5.57. The standard InChI is InChI=1S/C14H20N2/c1-11(13-8-15-9-13)10-16-7-6-12-4-2-3-5-14(12)16/h2-5,11,13,15H,6-10H2,1H3. The zero-order valence-electron chi connectivity index (χ0n) is 9.95. The largest absolute Gasteiger partial charge is 0.371 e. The molecule has 2 aliphatic rings. The molecule has 2 aliphatic heterocycles. The Labute approximate surface area is 97.6 Å². The number of hydrogen-bond acceptors (Lipinski definition) is 2. The number of hydrogen-bond donors (Lipinski definition) is 1. The van der Waals surface area contributed by atoms with Crippen molar-refractivity contribution in [3.63, 3.8) is 0 Å². The van der Waals surface area contributed by atoms with Crippen LogP contribution in [0.4, 0.5) is 5.69 Å². The van der Waals surface area contributed by atoms with Crippen LogP contribution in [0.3, 0.4) is 0 Å². The summed E-state index contributed by atoms with van der Waals surface area (Å²) in [6, 6.07) is 8.85. The van der Waals surface area contributed by atoms with Crippen LogP contribution in [0, 0.1) is 11.8 Å². The van der Waals surface area contributed by atoms with Crippen molar-refractivity contribution in [3.8, 4) is 0 Å². The quantitative estimate of drug-likeness (QED) is 0.830. The zero-order chi connectivity index (χ0) is 11.0. The van der Waals surface area contributed by atoms with Gasteiger partial charge in [-0.1, -0.05) is 25.1 Å². The van der Waals surface area contributed by atoms with Crippen LogP contribution in [0.25, 0.3) is 0 Å².